The van der Waals surface area contributed by atoms with Gasteiger partial charge < -0.3 is 14.2 Å². The van der Waals surface area contributed by atoms with Crippen molar-refractivity contribution < 1.29 is 14.1 Å². The van der Waals surface area contributed by atoms with E-state index in [2.05, 4.69) is 17.1 Å². The highest BCUT2D eigenvalue weighted by Crippen LogP contribution is 2.28. The van der Waals surface area contributed by atoms with Crippen molar-refractivity contribution in [3.63, 3.8) is 0 Å². The van der Waals surface area contributed by atoms with E-state index in [-0.39, 0.29) is 11.8 Å². The van der Waals surface area contributed by atoms with Crippen LogP contribution in [-0.2, 0) is 17.8 Å². The van der Waals surface area contributed by atoms with Crippen molar-refractivity contribution in [2.24, 2.45) is 0 Å². The Balaban J connectivity index is 1.65. The number of likely N-dealkylation sites (tertiary alicyclic amines) is 1. The van der Waals surface area contributed by atoms with Gasteiger partial charge in [0.1, 0.15) is 5.75 Å². The lowest BCUT2D eigenvalue weighted by molar-refractivity contribution is -0.128. The second-order valence-corrected chi connectivity index (χ2v) is 6.05. The summed E-state index contributed by atoms with van der Waals surface area (Å²) in [5, 5.41) is 3.98. The first-order valence-electron chi connectivity index (χ1n) is 8.51. The number of carbonyl (C=O) groups is 1. The van der Waals surface area contributed by atoms with Crippen LogP contribution in [0.25, 0.3) is 0 Å². The second kappa shape index (κ2) is 7.47. The van der Waals surface area contributed by atoms with E-state index in [0.717, 1.165) is 30.0 Å². The fourth-order valence-corrected chi connectivity index (χ4v) is 2.97. The highest BCUT2D eigenvalue weighted by atomic mass is 16.5. The fourth-order valence-electron chi connectivity index (χ4n) is 2.97. The molecule has 0 aliphatic carbocycles. The van der Waals surface area contributed by atoms with Gasteiger partial charge in [-0.2, -0.15) is 4.98 Å². The van der Waals surface area contributed by atoms with E-state index in [0.29, 0.717) is 32.0 Å². The molecule has 1 amide bonds. The zero-order valence-electron chi connectivity index (χ0n) is 14.2. The molecule has 3 rings (SSSR count). The highest BCUT2D eigenvalue weighted by Gasteiger charge is 2.34. The number of ether oxygens (including phenoxy) is 1. The van der Waals surface area contributed by atoms with Crippen LogP contribution in [0.5, 0.6) is 5.75 Å². The first kappa shape index (κ1) is 16.5. The average molecular weight is 329 g/mol. The van der Waals surface area contributed by atoms with Crippen molar-refractivity contribution in [3.05, 3.63) is 41.5 Å². The van der Waals surface area contributed by atoms with Crippen LogP contribution in [-0.4, -0.2) is 34.1 Å². The van der Waals surface area contributed by atoms with Gasteiger partial charge in [-0.15, -0.1) is 0 Å². The molecule has 0 spiro atoms. The molecule has 1 aromatic carbocycles. The summed E-state index contributed by atoms with van der Waals surface area (Å²) in [5.41, 5.74) is 1.06. The lowest BCUT2D eigenvalue weighted by Gasteiger charge is -2.16. The Morgan fingerprint density at radius 2 is 2.25 bits per heavy atom. The summed E-state index contributed by atoms with van der Waals surface area (Å²) in [5.74, 6) is 2.25. The molecular formula is C18H23N3O3. The van der Waals surface area contributed by atoms with Gasteiger partial charge in [0.25, 0.3) is 0 Å². The Bertz CT molecular complexity index is 698. The van der Waals surface area contributed by atoms with Crippen molar-refractivity contribution in [1.82, 2.24) is 15.0 Å². The molecule has 0 N–H and O–H groups in total. The van der Waals surface area contributed by atoms with Gasteiger partial charge in [0.15, 0.2) is 5.82 Å². The molecule has 2 aromatic rings. The van der Waals surface area contributed by atoms with E-state index in [1.807, 2.05) is 36.1 Å². The van der Waals surface area contributed by atoms with Gasteiger partial charge in [0, 0.05) is 25.9 Å². The summed E-state index contributed by atoms with van der Waals surface area (Å²) in [6, 6.07) is 7.87. The summed E-state index contributed by atoms with van der Waals surface area (Å²) < 4.78 is 10.9. The summed E-state index contributed by atoms with van der Waals surface area (Å²) in [6.07, 6.45) is 2.21. The molecule has 1 unspecified atom stereocenters. The van der Waals surface area contributed by atoms with Gasteiger partial charge in [-0.1, -0.05) is 24.2 Å². The summed E-state index contributed by atoms with van der Waals surface area (Å²) in [4.78, 5) is 18.6. The number of carbonyl (C=O) groups excluding carboxylic acids is 1. The molecular weight excluding hydrogens is 306 g/mol. The highest BCUT2D eigenvalue weighted by molar-refractivity contribution is 5.79. The van der Waals surface area contributed by atoms with Gasteiger partial charge in [-0.25, -0.2) is 0 Å². The Kier molecular flexibility index (Phi) is 5.13. The monoisotopic (exact) mass is 329 g/mol. The number of amides is 1. The van der Waals surface area contributed by atoms with Crippen LogP contribution in [0.1, 0.15) is 49.9 Å². The third-order valence-electron chi connectivity index (χ3n) is 4.10. The average Bonchev–Trinajstić information content (AvgIpc) is 3.16. The van der Waals surface area contributed by atoms with E-state index < -0.39 is 0 Å². The Morgan fingerprint density at radius 3 is 3.04 bits per heavy atom. The van der Waals surface area contributed by atoms with Crippen molar-refractivity contribution in [2.45, 2.75) is 45.6 Å². The number of benzene rings is 1. The van der Waals surface area contributed by atoms with Crippen molar-refractivity contribution in [3.8, 4) is 5.75 Å². The lowest BCUT2D eigenvalue weighted by atomic mass is 10.1. The smallest absolute Gasteiger partial charge is 0.232 e. The third kappa shape index (κ3) is 3.75. The lowest BCUT2D eigenvalue weighted by Crippen LogP contribution is -2.24. The van der Waals surface area contributed by atoms with E-state index in [4.69, 9.17) is 9.26 Å². The molecule has 1 aromatic heterocycles. The normalized spacial score (nSPS) is 17.5. The molecule has 128 valence electrons. The predicted molar refractivity (Wildman–Crippen MR) is 88.7 cm³/mol. The number of rotatable bonds is 7. The van der Waals surface area contributed by atoms with Crippen LogP contribution < -0.4 is 4.74 Å². The van der Waals surface area contributed by atoms with Crippen LogP contribution in [0.15, 0.2) is 28.8 Å². The molecule has 0 saturated carbocycles. The predicted octanol–water partition coefficient (Wildman–Crippen LogP) is 2.94. The standard InChI is InChI=1S/C18H23N3O3/c1-3-6-16-19-18(24-20-16)14-10-17(22)21(12-14)11-13-7-5-8-15(9-13)23-4-2/h5,7-9,14H,3-4,6,10-12H2,1-2H3. The maximum Gasteiger partial charge on any atom is 0.232 e. The molecule has 24 heavy (non-hydrogen) atoms. The number of aryl methyl sites for hydroxylation is 1. The van der Waals surface area contributed by atoms with E-state index in [9.17, 15) is 4.79 Å². The molecule has 6 nitrogen and oxygen atoms in total. The molecule has 6 heteroatoms. The second-order valence-electron chi connectivity index (χ2n) is 6.05. The minimum Gasteiger partial charge on any atom is -0.494 e. The number of hydrogen-bond acceptors (Lipinski definition) is 5. The molecule has 0 radical (unpaired) electrons. The molecule has 1 saturated heterocycles. The molecule has 1 aliphatic heterocycles. The van der Waals surface area contributed by atoms with Gasteiger partial charge in [-0.3, -0.25) is 4.79 Å². The first-order valence-corrected chi connectivity index (χ1v) is 8.51. The van der Waals surface area contributed by atoms with Gasteiger partial charge in [0.2, 0.25) is 11.8 Å². The summed E-state index contributed by atoms with van der Waals surface area (Å²) >= 11 is 0. The zero-order valence-corrected chi connectivity index (χ0v) is 14.2. The summed E-state index contributed by atoms with van der Waals surface area (Å²) in [6.45, 7) is 5.86. The topological polar surface area (TPSA) is 68.5 Å². The molecule has 1 atom stereocenters. The number of aromatic nitrogens is 2. The molecule has 1 fully saturated rings. The molecule has 0 bridgehead atoms. The van der Waals surface area contributed by atoms with Gasteiger partial charge >= 0.3 is 0 Å². The van der Waals surface area contributed by atoms with Crippen LogP contribution in [0.2, 0.25) is 0 Å². The Morgan fingerprint density at radius 1 is 1.38 bits per heavy atom. The van der Waals surface area contributed by atoms with Crippen molar-refractivity contribution in [1.29, 1.82) is 0 Å². The first-order chi connectivity index (χ1) is 11.7. The van der Waals surface area contributed by atoms with Crippen LogP contribution in [0, 0.1) is 0 Å². The van der Waals surface area contributed by atoms with E-state index in [1.54, 1.807) is 0 Å². The fraction of sp³-hybridized carbons (Fsp3) is 0.500. The SMILES string of the molecule is CCCc1noc(C2CC(=O)N(Cc3cccc(OCC)c3)C2)n1. The number of nitrogens with zero attached hydrogens (tertiary/aromatic N) is 3. The maximum absolute atomic E-state index is 12.3. The van der Waals surface area contributed by atoms with Crippen LogP contribution in [0.4, 0.5) is 0 Å². The molecule has 1 aliphatic rings. The quantitative estimate of drug-likeness (QED) is 0.781. The minimum absolute atomic E-state index is 0.00863. The van der Waals surface area contributed by atoms with E-state index in [1.165, 1.54) is 0 Å². The van der Waals surface area contributed by atoms with Crippen LogP contribution >= 0.6 is 0 Å². The van der Waals surface area contributed by atoms with E-state index >= 15 is 0 Å². The Labute approximate surface area is 141 Å². The minimum atomic E-state index is -0.00863. The number of hydrogen-bond donors (Lipinski definition) is 0. The largest absolute Gasteiger partial charge is 0.494 e. The van der Waals surface area contributed by atoms with Crippen LogP contribution in [0.3, 0.4) is 0 Å². The zero-order chi connectivity index (χ0) is 16.9. The third-order valence-corrected chi connectivity index (χ3v) is 4.10. The van der Waals surface area contributed by atoms with Gasteiger partial charge in [-0.05, 0) is 31.0 Å². The van der Waals surface area contributed by atoms with Gasteiger partial charge in [0.05, 0.1) is 12.5 Å². The maximum atomic E-state index is 12.3. The van der Waals surface area contributed by atoms with Crippen molar-refractivity contribution in [2.75, 3.05) is 13.2 Å². The van der Waals surface area contributed by atoms with Crippen molar-refractivity contribution >= 4 is 5.91 Å². The summed E-state index contributed by atoms with van der Waals surface area (Å²) in [7, 11) is 0. The Hall–Kier alpha value is -2.37. The molecule has 2 heterocycles.